The highest BCUT2D eigenvalue weighted by atomic mass is 32.2. The Kier molecular flexibility index (Phi) is 5.31. The lowest BCUT2D eigenvalue weighted by Gasteiger charge is -2.30. The van der Waals surface area contributed by atoms with Gasteiger partial charge in [0, 0.05) is 11.8 Å². The first-order valence-electron chi connectivity index (χ1n) is 5.98. The number of ether oxygens (including phenoxy) is 2. The molecule has 0 aliphatic carbocycles. The molecule has 0 bridgehead atoms. The third-order valence-electron chi connectivity index (χ3n) is 2.56. The van der Waals surface area contributed by atoms with Crippen LogP contribution in [-0.4, -0.2) is 42.3 Å². The van der Waals surface area contributed by atoms with Crippen molar-refractivity contribution < 1.29 is 19.1 Å². The third kappa shape index (κ3) is 4.76. The van der Waals surface area contributed by atoms with E-state index in [4.69, 9.17) is 9.47 Å². The Bertz CT molecular complexity index is 314. The number of methoxy groups -OCH3 is 1. The first kappa shape index (κ1) is 15.1. The van der Waals surface area contributed by atoms with Crippen LogP contribution in [0.1, 0.15) is 27.2 Å². The summed E-state index contributed by atoms with van der Waals surface area (Å²) in [4.78, 5) is 23.3. The summed E-state index contributed by atoms with van der Waals surface area (Å²) in [7, 11) is 1.37. The van der Waals surface area contributed by atoms with Gasteiger partial charge in [-0.3, -0.25) is 4.79 Å². The normalized spacial score (nSPS) is 24.2. The summed E-state index contributed by atoms with van der Waals surface area (Å²) >= 11 is 1.70. The fourth-order valence-electron chi connectivity index (χ4n) is 1.75. The minimum Gasteiger partial charge on any atom is -0.469 e. The SMILES string of the molecule is COC(=O)C1CSCCC1NC(=O)OC(C)(C)C. The molecule has 1 heterocycles. The van der Waals surface area contributed by atoms with Gasteiger partial charge in [0.15, 0.2) is 0 Å². The van der Waals surface area contributed by atoms with Crippen LogP contribution in [0.2, 0.25) is 0 Å². The van der Waals surface area contributed by atoms with Crippen molar-refractivity contribution in [3.05, 3.63) is 0 Å². The Hall–Kier alpha value is -0.910. The molecule has 0 radical (unpaired) electrons. The molecule has 1 fully saturated rings. The monoisotopic (exact) mass is 275 g/mol. The zero-order chi connectivity index (χ0) is 13.8. The maximum atomic E-state index is 11.7. The molecule has 5 nitrogen and oxygen atoms in total. The van der Waals surface area contributed by atoms with E-state index in [1.165, 1.54) is 7.11 Å². The fourth-order valence-corrected chi connectivity index (χ4v) is 2.96. The molecule has 6 heteroatoms. The van der Waals surface area contributed by atoms with Gasteiger partial charge in [0.25, 0.3) is 0 Å². The summed E-state index contributed by atoms with van der Waals surface area (Å²) in [6, 6.07) is -0.200. The summed E-state index contributed by atoms with van der Waals surface area (Å²) in [5.41, 5.74) is -0.533. The Morgan fingerprint density at radius 1 is 1.33 bits per heavy atom. The van der Waals surface area contributed by atoms with Crippen LogP contribution in [0.5, 0.6) is 0 Å². The largest absolute Gasteiger partial charge is 0.469 e. The summed E-state index contributed by atoms with van der Waals surface area (Å²) in [6.07, 6.45) is 0.275. The molecular weight excluding hydrogens is 254 g/mol. The first-order chi connectivity index (χ1) is 8.33. The number of hydrogen-bond donors (Lipinski definition) is 1. The number of thioether (sulfide) groups is 1. The van der Waals surface area contributed by atoms with Gasteiger partial charge in [-0.15, -0.1) is 0 Å². The lowest BCUT2D eigenvalue weighted by atomic mass is 9.99. The predicted molar refractivity (Wildman–Crippen MR) is 70.6 cm³/mol. The van der Waals surface area contributed by atoms with Crippen LogP contribution in [0.15, 0.2) is 0 Å². The van der Waals surface area contributed by atoms with Crippen molar-refractivity contribution in [1.82, 2.24) is 5.32 Å². The molecule has 1 amide bonds. The molecular formula is C12H21NO4S. The van der Waals surface area contributed by atoms with Crippen molar-refractivity contribution >= 4 is 23.8 Å². The molecule has 0 aromatic carbocycles. The van der Waals surface area contributed by atoms with Crippen molar-refractivity contribution in [3.63, 3.8) is 0 Å². The van der Waals surface area contributed by atoms with Crippen LogP contribution in [0.25, 0.3) is 0 Å². The summed E-state index contributed by atoms with van der Waals surface area (Å²) in [6.45, 7) is 5.42. The van der Waals surface area contributed by atoms with E-state index in [-0.39, 0.29) is 17.9 Å². The number of carbonyl (C=O) groups excluding carboxylic acids is 2. The van der Waals surface area contributed by atoms with Gasteiger partial charge in [0.2, 0.25) is 0 Å². The topological polar surface area (TPSA) is 64.6 Å². The van der Waals surface area contributed by atoms with E-state index in [2.05, 4.69) is 5.32 Å². The highest BCUT2D eigenvalue weighted by Crippen LogP contribution is 2.24. The predicted octanol–water partition coefficient (Wildman–Crippen LogP) is 1.81. The van der Waals surface area contributed by atoms with Gasteiger partial charge >= 0.3 is 12.1 Å². The van der Waals surface area contributed by atoms with Crippen LogP contribution >= 0.6 is 11.8 Å². The van der Waals surface area contributed by atoms with Crippen LogP contribution in [0, 0.1) is 5.92 Å². The fraction of sp³-hybridized carbons (Fsp3) is 0.833. The maximum absolute atomic E-state index is 11.7. The second-order valence-corrected chi connectivity index (χ2v) is 6.40. The van der Waals surface area contributed by atoms with E-state index in [0.29, 0.717) is 5.75 Å². The van der Waals surface area contributed by atoms with E-state index >= 15 is 0 Å². The molecule has 0 saturated carbocycles. The lowest BCUT2D eigenvalue weighted by Crippen LogP contribution is -2.48. The van der Waals surface area contributed by atoms with Gasteiger partial charge in [-0.05, 0) is 32.9 Å². The van der Waals surface area contributed by atoms with Crippen molar-refractivity contribution in [2.45, 2.75) is 38.8 Å². The number of carbonyl (C=O) groups is 2. The number of amides is 1. The Morgan fingerprint density at radius 3 is 2.56 bits per heavy atom. The molecule has 1 saturated heterocycles. The molecule has 0 aromatic heterocycles. The summed E-state index contributed by atoms with van der Waals surface area (Å²) < 4.78 is 9.95. The second-order valence-electron chi connectivity index (χ2n) is 5.25. The maximum Gasteiger partial charge on any atom is 0.407 e. The highest BCUT2D eigenvalue weighted by molar-refractivity contribution is 7.99. The van der Waals surface area contributed by atoms with E-state index < -0.39 is 11.7 Å². The molecule has 1 aliphatic heterocycles. The van der Waals surface area contributed by atoms with Crippen LogP contribution in [0.3, 0.4) is 0 Å². The van der Waals surface area contributed by atoms with Crippen LogP contribution in [0.4, 0.5) is 4.79 Å². The van der Waals surface area contributed by atoms with Gasteiger partial charge in [0.05, 0.1) is 13.0 Å². The standard InChI is InChI=1S/C12H21NO4S/c1-12(2,3)17-11(15)13-9-5-6-18-7-8(9)10(14)16-4/h8-9H,5-7H2,1-4H3,(H,13,15). The molecule has 2 unspecified atom stereocenters. The van der Waals surface area contributed by atoms with E-state index in [0.717, 1.165) is 12.2 Å². The highest BCUT2D eigenvalue weighted by Gasteiger charge is 2.34. The number of alkyl carbamates (subject to hydrolysis) is 1. The number of hydrogen-bond acceptors (Lipinski definition) is 5. The average Bonchev–Trinajstić information content (AvgIpc) is 2.26. The Labute approximate surface area is 112 Å². The molecule has 1 N–H and O–H groups in total. The van der Waals surface area contributed by atoms with Crippen LogP contribution in [-0.2, 0) is 14.3 Å². The number of rotatable bonds is 2. The molecule has 0 aromatic rings. The smallest absolute Gasteiger partial charge is 0.407 e. The lowest BCUT2D eigenvalue weighted by molar-refractivity contribution is -0.145. The summed E-state index contributed by atoms with van der Waals surface area (Å²) in [5, 5.41) is 2.77. The average molecular weight is 275 g/mol. The Balaban J connectivity index is 2.57. The quantitative estimate of drug-likeness (QED) is 0.779. The van der Waals surface area contributed by atoms with Gasteiger partial charge in [-0.2, -0.15) is 11.8 Å². The minimum absolute atomic E-state index is 0.200. The number of nitrogens with one attached hydrogen (secondary N) is 1. The molecule has 2 atom stereocenters. The van der Waals surface area contributed by atoms with E-state index in [9.17, 15) is 9.59 Å². The van der Waals surface area contributed by atoms with Gasteiger partial charge < -0.3 is 14.8 Å². The number of esters is 1. The van der Waals surface area contributed by atoms with Crippen molar-refractivity contribution in [2.24, 2.45) is 5.92 Å². The minimum atomic E-state index is -0.533. The zero-order valence-electron chi connectivity index (χ0n) is 11.3. The van der Waals surface area contributed by atoms with Gasteiger partial charge in [0.1, 0.15) is 5.60 Å². The molecule has 0 spiro atoms. The second kappa shape index (κ2) is 6.31. The first-order valence-corrected chi connectivity index (χ1v) is 7.14. The third-order valence-corrected chi connectivity index (χ3v) is 3.68. The summed E-state index contributed by atoms with van der Waals surface area (Å²) in [5.74, 6) is 1.03. The van der Waals surface area contributed by atoms with Crippen molar-refractivity contribution in [3.8, 4) is 0 Å². The van der Waals surface area contributed by atoms with Gasteiger partial charge in [-0.1, -0.05) is 0 Å². The molecule has 18 heavy (non-hydrogen) atoms. The van der Waals surface area contributed by atoms with Crippen molar-refractivity contribution in [1.29, 1.82) is 0 Å². The zero-order valence-corrected chi connectivity index (χ0v) is 12.1. The van der Waals surface area contributed by atoms with Crippen molar-refractivity contribution in [2.75, 3.05) is 18.6 Å². The van der Waals surface area contributed by atoms with Gasteiger partial charge in [-0.25, -0.2) is 4.79 Å². The Morgan fingerprint density at radius 2 is 2.00 bits per heavy atom. The van der Waals surface area contributed by atoms with Crippen LogP contribution < -0.4 is 5.32 Å². The van der Waals surface area contributed by atoms with E-state index in [1.54, 1.807) is 32.5 Å². The molecule has 1 rings (SSSR count). The molecule has 104 valence electrons. The molecule has 1 aliphatic rings. The van der Waals surface area contributed by atoms with E-state index in [1.807, 2.05) is 0 Å².